The molecular formula is C23H28N4O3S. The fourth-order valence-corrected chi connectivity index (χ4v) is 4.86. The predicted octanol–water partition coefficient (Wildman–Crippen LogP) is 4.48. The fraction of sp³-hybridized carbons (Fsp3) is 0.435. The molecule has 0 spiro atoms. The topological polar surface area (TPSA) is 73.4 Å². The van der Waals surface area contributed by atoms with Crippen molar-refractivity contribution in [2.24, 2.45) is 0 Å². The molecule has 1 amide bonds. The molecule has 1 saturated heterocycles. The number of hydrogen-bond acceptors (Lipinski definition) is 6. The third kappa shape index (κ3) is 4.95. The first-order valence-corrected chi connectivity index (χ1v) is 11.7. The normalized spacial score (nSPS) is 16.5. The molecule has 3 heterocycles. The number of likely N-dealkylation sites (tertiary alicyclic amines) is 1. The summed E-state index contributed by atoms with van der Waals surface area (Å²) < 4.78 is 12.9. The number of carbonyl (C=O) groups is 1. The van der Waals surface area contributed by atoms with Crippen LogP contribution in [0.5, 0.6) is 5.75 Å². The van der Waals surface area contributed by atoms with E-state index in [0.29, 0.717) is 23.5 Å². The molecule has 0 bridgehead atoms. The van der Waals surface area contributed by atoms with Gasteiger partial charge in [-0.15, -0.1) is 10.2 Å². The van der Waals surface area contributed by atoms with Gasteiger partial charge in [0.15, 0.2) is 11.0 Å². The van der Waals surface area contributed by atoms with Gasteiger partial charge in [-0.1, -0.05) is 30.8 Å². The van der Waals surface area contributed by atoms with E-state index in [0.717, 1.165) is 48.7 Å². The molecule has 2 aromatic heterocycles. The van der Waals surface area contributed by atoms with Crippen molar-refractivity contribution in [1.82, 2.24) is 19.7 Å². The summed E-state index contributed by atoms with van der Waals surface area (Å²) in [5, 5.41) is 9.54. The molecule has 0 radical (unpaired) electrons. The molecule has 1 fully saturated rings. The maximum absolute atomic E-state index is 12.9. The van der Waals surface area contributed by atoms with Gasteiger partial charge in [0.1, 0.15) is 11.5 Å². The van der Waals surface area contributed by atoms with E-state index in [4.69, 9.17) is 9.15 Å². The maximum atomic E-state index is 12.9. The number of hydrogen-bond donors (Lipinski definition) is 0. The average Bonchev–Trinajstić information content (AvgIpc) is 3.48. The SMILES string of the molecule is CCC1CCCCN1C(=O)CSc1nnc(-c2cccc(OC)c2)n1Cc1ccco1. The Morgan fingerprint density at radius 2 is 2.16 bits per heavy atom. The highest BCUT2D eigenvalue weighted by Gasteiger charge is 2.26. The number of rotatable bonds is 8. The van der Waals surface area contributed by atoms with Gasteiger partial charge in [-0.2, -0.15) is 0 Å². The Labute approximate surface area is 186 Å². The van der Waals surface area contributed by atoms with Crippen LogP contribution in [0.1, 0.15) is 38.4 Å². The number of carbonyl (C=O) groups excluding carboxylic acids is 1. The van der Waals surface area contributed by atoms with E-state index >= 15 is 0 Å². The molecule has 0 saturated carbocycles. The summed E-state index contributed by atoms with van der Waals surface area (Å²) in [7, 11) is 1.64. The number of nitrogens with zero attached hydrogens (tertiary/aromatic N) is 4. The summed E-state index contributed by atoms with van der Waals surface area (Å²) in [6.45, 7) is 3.50. The first-order chi connectivity index (χ1) is 15.2. The van der Waals surface area contributed by atoms with Crippen LogP contribution in [0.4, 0.5) is 0 Å². The Bertz CT molecular complexity index is 1000. The van der Waals surface area contributed by atoms with E-state index in [9.17, 15) is 4.79 Å². The molecule has 8 heteroatoms. The third-order valence-corrected chi connectivity index (χ3v) is 6.63. The first-order valence-electron chi connectivity index (χ1n) is 10.7. The van der Waals surface area contributed by atoms with E-state index in [1.54, 1.807) is 13.4 Å². The van der Waals surface area contributed by atoms with Crippen molar-refractivity contribution in [2.75, 3.05) is 19.4 Å². The second-order valence-electron chi connectivity index (χ2n) is 7.64. The minimum atomic E-state index is 0.173. The molecule has 1 atom stereocenters. The van der Waals surface area contributed by atoms with Crippen molar-refractivity contribution >= 4 is 17.7 Å². The fourth-order valence-electron chi connectivity index (χ4n) is 4.03. The lowest BCUT2D eigenvalue weighted by Gasteiger charge is -2.35. The molecular weight excluding hydrogens is 412 g/mol. The summed E-state index contributed by atoms with van der Waals surface area (Å²) in [6.07, 6.45) is 6.05. The molecule has 7 nitrogen and oxygen atoms in total. The largest absolute Gasteiger partial charge is 0.497 e. The molecule has 1 aliphatic heterocycles. The number of ether oxygens (including phenoxy) is 1. The predicted molar refractivity (Wildman–Crippen MR) is 120 cm³/mol. The minimum Gasteiger partial charge on any atom is -0.497 e. The van der Waals surface area contributed by atoms with E-state index < -0.39 is 0 Å². The van der Waals surface area contributed by atoms with Gasteiger partial charge in [-0.25, -0.2) is 0 Å². The summed E-state index contributed by atoms with van der Waals surface area (Å²) >= 11 is 1.43. The van der Waals surface area contributed by atoms with Crippen LogP contribution in [0, 0.1) is 0 Å². The van der Waals surface area contributed by atoms with Gasteiger partial charge in [-0.05, 0) is 49.9 Å². The molecule has 4 rings (SSSR count). The van der Waals surface area contributed by atoms with Crippen LogP contribution < -0.4 is 4.74 Å². The standard InChI is InChI=1S/C23H28N4O3S/c1-3-18-9-4-5-12-26(18)21(28)16-31-23-25-24-22(17-8-6-10-19(14-17)29-2)27(23)15-20-11-7-13-30-20/h6-8,10-11,13-14,18H,3-5,9,12,15-16H2,1-2H3. The van der Waals surface area contributed by atoms with Gasteiger partial charge in [0.05, 0.1) is 25.7 Å². The van der Waals surface area contributed by atoms with Crippen LogP contribution in [0.3, 0.4) is 0 Å². The molecule has 1 aliphatic rings. The number of aromatic nitrogens is 3. The van der Waals surface area contributed by atoms with Crippen LogP contribution in [0.25, 0.3) is 11.4 Å². The maximum Gasteiger partial charge on any atom is 0.233 e. The Morgan fingerprint density at radius 1 is 1.26 bits per heavy atom. The van der Waals surface area contributed by atoms with Crippen LogP contribution in [0.2, 0.25) is 0 Å². The highest BCUT2D eigenvalue weighted by Crippen LogP contribution is 2.28. The zero-order valence-electron chi connectivity index (χ0n) is 18.0. The Kier molecular flexibility index (Phi) is 6.96. The number of thioether (sulfide) groups is 1. The molecule has 31 heavy (non-hydrogen) atoms. The lowest BCUT2D eigenvalue weighted by atomic mass is 10.0. The second kappa shape index (κ2) is 10.0. The number of methoxy groups -OCH3 is 1. The van der Waals surface area contributed by atoms with Crippen molar-refractivity contribution in [3.63, 3.8) is 0 Å². The smallest absolute Gasteiger partial charge is 0.233 e. The Hall–Kier alpha value is -2.74. The summed E-state index contributed by atoms with van der Waals surface area (Å²) in [5.74, 6) is 2.80. The van der Waals surface area contributed by atoms with E-state index in [1.807, 2.05) is 45.9 Å². The Morgan fingerprint density at radius 3 is 2.94 bits per heavy atom. The number of furan rings is 1. The number of piperidine rings is 1. The summed E-state index contributed by atoms with van der Waals surface area (Å²) in [5.41, 5.74) is 0.902. The van der Waals surface area contributed by atoms with Gasteiger partial charge in [0.2, 0.25) is 5.91 Å². The van der Waals surface area contributed by atoms with Crippen LogP contribution in [-0.2, 0) is 11.3 Å². The van der Waals surface area contributed by atoms with Crippen molar-refractivity contribution < 1.29 is 13.9 Å². The molecule has 164 valence electrons. The highest BCUT2D eigenvalue weighted by atomic mass is 32.2. The average molecular weight is 441 g/mol. The van der Waals surface area contributed by atoms with Crippen LogP contribution in [0.15, 0.2) is 52.2 Å². The number of benzene rings is 1. The third-order valence-electron chi connectivity index (χ3n) is 5.68. The molecule has 0 N–H and O–H groups in total. The quantitative estimate of drug-likeness (QED) is 0.481. The molecule has 1 unspecified atom stereocenters. The lowest BCUT2D eigenvalue weighted by molar-refractivity contribution is -0.132. The molecule has 1 aromatic carbocycles. The number of amides is 1. The molecule has 0 aliphatic carbocycles. The highest BCUT2D eigenvalue weighted by molar-refractivity contribution is 7.99. The van der Waals surface area contributed by atoms with Crippen molar-refractivity contribution in [3.05, 3.63) is 48.4 Å². The Balaban J connectivity index is 1.56. The van der Waals surface area contributed by atoms with E-state index in [-0.39, 0.29) is 5.91 Å². The van der Waals surface area contributed by atoms with Gasteiger partial charge in [0, 0.05) is 18.2 Å². The second-order valence-corrected chi connectivity index (χ2v) is 8.58. The van der Waals surface area contributed by atoms with E-state index in [1.165, 1.54) is 18.2 Å². The lowest BCUT2D eigenvalue weighted by Crippen LogP contribution is -2.44. The van der Waals surface area contributed by atoms with Gasteiger partial charge in [-0.3, -0.25) is 9.36 Å². The monoisotopic (exact) mass is 440 g/mol. The van der Waals surface area contributed by atoms with Crippen LogP contribution in [-0.4, -0.2) is 51.0 Å². The van der Waals surface area contributed by atoms with Crippen LogP contribution >= 0.6 is 11.8 Å². The zero-order chi connectivity index (χ0) is 21.6. The van der Waals surface area contributed by atoms with Crippen molar-refractivity contribution in [1.29, 1.82) is 0 Å². The van der Waals surface area contributed by atoms with Gasteiger partial charge in [0.25, 0.3) is 0 Å². The summed E-state index contributed by atoms with van der Waals surface area (Å²) in [4.78, 5) is 15.0. The van der Waals surface area contributed by atoms with Crippen molar-refractivity contribution in [2.45, 2.75) is 50.4 Å². The molecule has 3 aromatic rings. The van der Waals surface area contributed by atoms with Gasteiger partial charge < -0.3 is 14.1 Å². The van der Waals surface area contributed by atoms with Gasteiger partial charge >= 0.3 is 0 Å². The first kappa shape index (κ1) is 21.5. The zero-order valence-corrected chi connectivity index (χ0v) is 18.8. The summed E-state index contributed by atoms with van der Waals surface area (Å²) in [6, 6.07) is 11.9. The van der Waals surface area contributed by atoms with E-state index in [2.05, 4.69) is 17.1 Å². The minimum absolute atomic E-state index is 0.173. The van der Waals surface area contributed by atoms with Crippen molar-refractivity contribution in [3.8, 4) is 17.1 Å².